The second kappa shape index (κ2) is 7.43. The van der Waals surface area contributed by atoms with Crippen molar-refractivity contribution in [2.75, 3.05) is 19.5 Å². The van der Waals surface area contributed by atoms with E-state index >= 15 is 0 Å². The molecule has 0 bridgehead atoms. The van der Waals surface area contributed by atoms with Crippen LogP contribution in [0.3, 0.4) is 0 Å². The maximum Gasteiger partial charge on any atom is 0.354 e. The Bertz CT molecular complexity index is 1210. The molecule has 0 unspecified atom stereocenters. The molecule has 4 aromatic heterocycles. The SMILES string of the molecule is COc1cc(-c2ccc3nc(Nc4cccc(C(=O)O)n4)cn3n2)cnc1OC. The molecule has 0 saturated heterocycles. The standard InChI is InChI=1S/C19H16N6O4/c1-28-14-8-11(9-20-18(14)29-2)12-6-7-17-23-16(10-25(17)24-12)22-15-5-3-4-13(21-15)19(26)27/h3-10H,1-2H3,(H,21,22)(H,26,27). The molecular formula is C19H16N6O4. The summed E-state index contributed by atoms with van der Waals surface area (Å²) in [5.41, 5.74) is 1.98. The molecule has 0 aliphatic rings. The molecule has 146 valence electrons. The molecule has 0 amide bonds. The van der Waals surface area contributed by atoms with Crippen LogP contribution in [0.5, 0.6) is 11.6 Å². The number of nitrogens with zero attached hydrogens (tertiary/aromatic N) is 5. The average molecular weight is 392 g/mol. The van der Waals surface area contributed by atoms with Crippen LogP contribution in [0.2, 0.25) is 0 Å². The minimum atomic E-state index is -1.10. The highest BCUT2D eigenvalue weighted by Gasteiger charge is 2.11. The van der Waals surface area contributed by atoms with E-state index in [-0.39, 0.29) is 5.69 Å². The van der Waals surface area contributed by atoms with E-state index in [1.807, 2.05) is 12.1 Å². The van der Waals surface area contributed by atoms with Gasteiger partial charge in [0.1, 0.15) is 5.82 Å². The van der Waals surface area contributed by atoms with Crippen LogP contribution in [0.1, 0.15) is 10.5 Å². The normalized spacial score (nSPS) is 10.7. The van der Waals surface area contributed by atoms with Gasteiger partial charge in [0, 0.05) is 11.8 Å². The largest absolute Gasteiger partial charge is 0.491 e. The Balaban J connectivity index is 1.64. The Hall–Kier alpha value is -4.21. The highest BCUT2D eigenvalue weighted by Crippen LogP contribution is 2.29. The first-order valence-electron chi connectivity index (χ1n) is 8.49. The summed E-state index contributed by atoms with van der Waals surface area (Å²) in [6, 6.07) is 10.1. The number of aromatic nitrogens is 5. The van der Waals surface area contributed by atoms with Gasteiger partial charge >= 0.3 is 5.97 Å². The number of methoxy groups -OCH3 is 2. The second-order valence-corrected chi connectivity index (χ2v) is 5.92. The van der Waals surface area contributed by atoms with Gasteiger partial charge in [-0.15, -0.1) is 0 Å². The predicted molar refractivity (Wildman–Crippen MR) is 104 cm³/mol. The quantitative estimate of drug-likeness (QED) is 0.509. The lowest BCUT2D eigenvalue weighted by molar-refractivity contribution is 0.0690. The number of aromatic carboxylic acids is 1. The van der Waals surface area contributed by atoms with E-state index in [1.54, 1.807) is 42.2 Å². The third kappa shape index (κ3) is 3.63. The summed E-state index contributed by atoms with van der Waals surface area (Å²) in [7, 11) is 3.07. The van der Waals surface area contributed by atoms with Crippen LogP contribution in [0.25, 0.3) is 16.9 Å². The van der Waals surface area contributed by atoms with Gasteiger partial charge in [-0.05, 0) is 30.3 Å². The van der Waals surface area contributed by atoms with Crippen LogP contribution < -0.4 is 14.8 Å². The third-order valence-corrected chi connectivity index (χ3v) is 4.07. The third-order valence-electron chi connectivity index (χ3n) is 4.07. The first kappa shape index (κ1) is 18.2. The molecule has 4 rings (SSSR count). The molecule has 0 aliphatic heterocycles. The van der Waals surface area contributed by atoms with Crippen molar-refractivity contribution >= 4 is 23.3 Å². The predicted octanol–water partition coefficient (Wildman–Crippen LogP) is 2.65. The zero-order valence-electron chi connectivity index (χ0n) is 15.5. The number of imidazole rings is 1. The van der Waals surface area contributed by atoms with Crippen molar-refractivity contribution in [2.24, 2.45) is 0 Å². The fraction of sp³-hybridized carbons (Fsp3) is 0.105. The Labute approximate surface area is 164 Å². The fourth-order valence-electron chi connectivity index (χ4n) is 2.72. The van der Waals surface area contributed by atoms with Gasteiger partial charge in [0.05, 0.1) is 26.1 Å². The number of hydrogen-bond donors (Lipinski definition) is 2. The van der Waals surface area contributed by atoms with Gasteiger partial charge in [0.15, 0.2) is 22.9 Å². The minimum Gasteiger partial charge on any atom is -0.491 e. The zero-order chi connectivity index (χ0) is 20.4. The topological polar surface area (TPSA) is 124 Å². The van der Waals surface area contributed by atoms with Gasteiger partial charge in [0.2, 0.25) is 0 Å². The molecule has 4 heterocycles. The van der Waals surface area contributed by atoms with E-state index < -0.39 is 5.97 Å². The molecule has 0 radical (unpaired) electrons. The van der Waals surface area contributed by atoms with E-state index in [0.29, 0.717) is 34.6 Å². The first-order valence-corrected chi connectivity index (χ1v) is 8.49. The lowest BCUT2D eigenvalue weighted by atomic mass is 10.2. The van der Waals surface area contributed by atoms with Crippen molar-refractivity contribution in [3.63, 3.8) is 0 Å². The molecule has 29 heavy (non-hydrogen) atoms. The highest BCUT2D eigenvalue weighted by molar-refractivity contribution is 5.85. The van der Waals surface area contributed by atoms with E-state index in [1.165, 1.54) is 13.2 Å². The molecule has 0 saturated carbocycles. The van der Waals surface area contributed by atoms with Gasteiger partial charge in [-0.3, -0.25) is 0 Å². The molecule has 2 N–H and O–H groups in total. The van der Waals surface area contributed by atoms with E-state index in [2.05, 4.69) is 25.4 Å². The van der Waals surface area contributed by atoms with Crippen molar-refractivity contribution in [1.29, 1.82) is 0 Å². The number of carboxylic acids is 1. The molecule has 4 aromatic rings. The molecular weight excluding hydrogens is 376 g/mol. The number of pyridine rings is 2. The molecule has 0 spiro atoms. The summed E-state index contributed by atoms with van der Waals surface area (Å²) in [5, 5.41) is 16.6. The van der Waals surface area contributed by atoms with Crippen molar-refractivity contribution in [1.82, 2.24) is 24.6 Å². The van der Waals surface area contributed by atoms with Gasteiger partial charge in [0.25, 0.3) is 5.88 Å². The first-order chi connectivity index (χ1) is 14.1. The number of nitrogens with one attached hydrogen (secondary N) is 1. The summed E-state index contributed by atoms with van der Waals surface area (Å²) in [6.45, 7) is 0. The number of carbonyl (C=O) groups is 1. The van der Waals surface area contributed by atoms with Gasteiger partial charge in [-0.2, -0.15) is 5.10 Å². The summed E-state index contributed by atoms with van der Waals surface area (Å²) in [6.07, 6.45) is 3.33. The molecule has 10 nitrogen and oxygen atoms in total. The molecule has 10 heteroatoms. The Morgan fingerprint density at radius 2 is 1.97 bits per heavy atom. The Morgan fingerprint density at radius 1 is 1.10 bits per heavy atom. The van der Waals surface area contributed by atoms with Gasteiger partial charge in [-0.1, -0.05) is 6.07 Å². The van der Waals surface area contributed by atoms with Gasteiger partial charge < -0.3 is 19.9 Å². The molecule has 0 aromatic carbocycles. The lowest BCUT2D eigenvalue weighted by Crippen LogP contribution is -2.02. The monoisotopic (exact) mass is 392 g/mol. The number of hydrogen-bond acceptors (Lipinski definition) is 8. The smallest absolute Gasteiger partial charge is 0.354 e. The summed E-state index contributed by atoms with van der Waals surface area (Å²) < 4.78 is 12.1. The van der Waals surface area contributed by atoms with Crippen LogP contribution in [0, 0.1) is 0 Å². The van der Waals surface area contributed by atoms with Gasteiger partial charge in [-0.25, -0.2) is 24.3 Å². The van der Waals surface area contributed by atoms with Crippen molar-refractivity contribution in [3.8, 4) is 22.9 Å². The highest BCUT2D eigenvalue weighted by atomic mass is 16.5. The summed E-state index contributed by atoms with van der Waals surface area (Å²) in [5.74, 6) is 0.651. The minimum absolute atomic E-state index is 0.0554. The second-order valence-electron chi connectivity index (χ2n) is 5.92. The van der Waals surface area contributed by atoms with Crippen LogP contribution in [-0.2, 0) is 0 Å². The maximum absolute atomic E-state index is 11.1. The van der Waals surface area contributed by atoms with Crippen LogP contribution in [0.15, 0.2) is 48.8 Å². The van der Waals surface area contributed by atoms with E-state index in [9.17, 15) is 4.79 Å². The van der Waals surface area contributed by atoms with Crippen LogP contribution in [-0.4, -0.2) is 49.9 Å². The number of anilines is 2. The molecule has 0 atom stereocenters. The number of ether oxygens (including phenoxy) is 2. The van der Waals surface area contributed by atoms with E-state index in [0.717, 1.165) is 5.56 Å². The lowest BCUT2D eigenvalue weighted by Gasteiger charge is -2.08. The summed E-state index contributed by atoms with van der Waals surface area (Å²) >= 11 is 0. The van der Waals surface area contributed by atoms with Crippen molar-refractivity contribution in [2.45, 2.75) is 0 Å². The number of fused-ring (bicyclic) bond motifs is 1. The average Bonchev–Trinajstić information content (AvgIpc) is 3.14. The zero-order valence-corrected chi connectivity index (χ0v) is 15.5. The maximum atomic E-state index is 11.1. The van der Waals surface area contributed by atoms with Crippen LogP contribution in [0.4, 0.5) is 11.6 Å². The van der Waals surface area contributed by atoms with E-state index in [4.69, 9.17) is 14.6 Å². The number of carboxylic acid groups (broad SMARTS) is 1. The van der Waals surface area contributed by atoms with Crippen molar-refractivity contribution < 1.29 is 19.4 Å². The van der Waals surface area contributed by atoms with Crippen molar-refractivity contribution in [3.05, 3.63) is 54.5 Å². The number of rotatable bonds is 6. The molecule has 0 fully saturated rings. The Kier molecular flexibility index (Phi) is 4.65. The summed E-state index contributed by atoms with van der Waals surface area (Å²) in [4.78, 5) is 23.7. The Morgan fingerprint density at radius 3 is 2.72 bits per heavy atom. The fourth-order valence-corrected chi connectivity index (χ4v) is 2.72. The van der Waals surface area contributed by atoms with Crippen LogP contribution >= 0.6 is 0 Å². The molecule has 0 aliphatic carbocycles.